The molecule has 0 unspecified atom stereocenters. The Morgan fingerprint density at radius 2 is 2.00 bits per heavy atom. The van der Waals surface area contributed by atoms with Crippen molar-refractivity contribution in [1.29, 1.82) is 0 Å². The average molecular weight is 355 g/mol. The van der Waals surface area contributed by atoms with E-state index in [1.54, 1.807) is 7.11 Å². The standard InChI is InChI=1S/C14H14INO2/c1-17-9-10-3-2-4-12(7-10)18-14-6-5-11(16)8-13(14)15/h2-8H,9,16H2,1H3. The number of anilines is 1. The zero-order valence-electron chi connectivity index (χ0n) is 10.0. The molecule has 18 heavy (non-hydrogen) atoms. The topological polar surface area (TPSA) is 44.5 Å². The predicted molar refractivity (Wildman–Crippen MR) is 80.8 cm³/mol. The maximum absolute atomic E-state index is 5.83. The second kappa shape index (κ2) is 6.06. The Kier molecular flexibility index (Phi) is 4.43. The van der Waals surface area contributed by atoms with Crippen LogP contribution in [0, 0.1) is 3.57 Å². The number of nitrogens with two attached hydrogens (primary N) is 1. The van der Waals surface area contributed by atoms with Crippen molar-refractivity contribution in [2.75, 3.05) is 12.8 Å². The minimum atomic E-state index is 0.579. The summed E-state index contributed by atoms with van der Waals surface area (Å²) >= 11 is 2.21. The third kappa shape index (κ3) is 3.36. The first-order chi connectivity index (χ1) is 8.69. The van der Waals surface area contributed by atoms with Gasteiger partial charge in [-0.3, -0.25) is 0 Å². The highest BCUT2D eigenvalue weighted by Gasteiger charge is 2.03. The number of halogens is 1. The summed E-state index contributed by atoms with van der Waals surface area (Å²) in [5, 5.41) is 0. The van der Waals surface area contributed by atoms with E-state index in [4.69, 9.17) is 15.2 Å². The first-order valence-corrected chi connectivity index (χ1v) is 6.57. The Morgan fingerprint density at radius 3 is 2.72 bits per heavy atom. The van der Waals surface area contributed by atoms with E-state index in [0.29, 0.717) is 6.61 Å². The monoisotopic (exact) mass is 355 g/mol. The van der Waals surface area contributed by atoms with Gasteiger partial charge in [0.05, 0.1) is 10.2 Å². The third-order valence-electron chi connectivity index (χ3n) is 2.39. The summed E-state index contributed by atoms with van der Waals surface area (Å²) in [7, 11) is 1.68. The van der Waals surface area contributed by atoms with Gasteiger partial charge in [0.2, 0.25) is 0 Å². The largest absolute Gasteiger partial charge is 0.456 e. The molecule has 4 heteroatoms. The fourth-order valence-corrected chi connectivity index (χ4v) is 2.24. The molecule has 0 spiro atoms. The Bertz CT molecular complexity index is 543. The van der Waals surface area contributed by atoms with Gasteiger partial charge in [0, 0.05) is 12.8 Å². The van der Waals surface area contributed by atoms with E-state index in [-0.39, 0.29) is 0 Å². The Morgan fingerprint density at radius 1 is 1.17 bits per heavy atom. The first-order valence-electron chi connectivity index (χ1n) is 5.50. The molecule has 2 aromatic carbocycles. The molecule has 0 amide bonds. The molecule has 0 heterocycles. The van der Waals surface area contributed by atoms with Crippen LogP contribution in [-0.4, -0.2) is 7.11 Å². The van der Waals surface area contributed by atoms with Gasteiger partial charge in [-0.05, 0) is 58.5 Å². The summed E-state index contributed by atoms with van der Waals surface area (Å²) in [5.41, 5.74) is 7.53. The Balaban J connectivity index is 2.20. The number of rotatable bonds is 4. The van der Waals surface area contributed by atoms with Gasteiger partial charge in [-0.15, -0.1) is 0 Å². The van der Waals surface area contributed by atoms with Crippen LogP contribution < -0.4 is 10.5 Å². The summed E-state index contributed by atoms with van der Waals surface area (Å²) < 4.78 is 11.9. The second-order valence-corrected chi connectivity index (χ2v) is 5.03. The predicted octanol–water partition coefficient (Wildman–Crippen LogP) is 3.81. The summed E-state index contributed by atoms with van der Waals surface area (Å²) in [6.45, 7) is 0.579. The molecule has 94 valence electrons. The van der Waals surface area contributed by atoms with E-state index in [1.807, 2.05) is 42.5 Å². The van der Waals surface area contributed by atoms with Crippen molar-refractivity contribution in [3.05, 3.63) is 51.6 Å². The molecular weight excluding hydrogens is 341 g/mol. The number of nitrogen functional groups attached to an aromatic ring is 1. The zero-order valence-corrected chi connectivity index (χ0v) is 12.2. The second-order valence-electron chi connectivity index (χ2n) is 3.87. The van der Waals surface area contributed by atoms with Crippen LogP contribution in [0.15, 0.2) is 42.5 Å². The van der Waals surface area contributed by atoms with E-state index < -0.39 is 0 Å². The lowest BCUT2D eigenvalue weighted by Gasteiger charge is -2.09. The molecule has 0 aliphatic heterocycles. The summed E-state index contributed by atoms with van der Waals surface area (Å²) in [6.07, 6.45) is 0. The van der Waals surface area contributed by atoms with Crippen LogP contribution in [0.4, 0.5) is 5.69 Å². The van der Waals surface area contributed by atoms with Gasteiger partial charge in [0.1, 0.15) is 11.5 Å². The fraction of sp³-hybridized carbons (Fsp3) is 0.143. The van der Waals surface area contributed by atoms with Crippen molar-refractivity contribution >= 4 is 28.3 Å². The normalized spacial score (nSPS) is 10.3. The number of benzene rings is 2. The maximum Gasteiger partial charge on any atom is 0.140 e. The van der Waals surface area contributed by atoms with Crippen molar-refractivity contribution in [2.24, 2.45) is 0 Å². The summed E-state index contributed by atoms with van der Waals surface area (Å²) in [5.74, 6) is 1.60. The van der Waals surface area contributed by atoms with E-state index in [0.717, 1.165) is 26.3 Å². The smallest absolute Gasteiger partial charge is 0.140 e. The van der Waals surface area contributed by atoms with Gasteiger partial charge < -0.3 is 15.2 Å². The highest BCUT2D eigenvalue weighted by Crippen LogP contribution is 2.28. The molecule has 0 fully saturated rings. The highest BCUT2D eigenvalue weighted by atomic mass is 127. The molecule has 0 aliphatic rings. The van der Waals surface area contributed by atoms with Gasteiger partial charge in [-0.25, -0.2) is 0 Å². The number of hydrogen-bond acceptors (Lipinski definition) is 3. The van der Waals surface area contributed by atoms with Gasteiger partial charge >= 0.3 is 0 Å². The molecule has 2 aromatic rings. The SMILES string of the molecule is COCc1cccc(Oc2ccc(N)cc2I)c1. The van der Waals surface area contributed by atoms with Crippen LogP contribution in [0.1, 0.15) is 5.56 Å². The van der Waals surface area contributed by atoms with Gasteiger partial charge in [0.25, 0.3) is 0 Å². The Hall–Kier alpha value is -1.27. The highest BCUT2D eigenvalue weighted by molar-refractivity contribution is 14.1. The van der Waals surface area contributed by atoms with Crippen molar-refractivity contribution in [3.63, 3.8) is 0 Å². The number of methoxy groups -OCH3 is 1. The van der Waals surface area contributed by atoms with Crippen molar-refractivity contribution in [3.8, 4) is 11.5 Å². The minimum absolute atomic E-state index is 0.579. The van der Waals surface area contributed by atoms with E-state index in [9.17, 15) is 0 Å². The van der Waals surface area contributed by atoms with E-state index in [1.165, 1.54) is 0 Å². The number of hydrogen-bond donors (Lipinski definition) is 1. The zero-order chi connectivity index (χ0) is 13.0. The van der Waals surface area contributed by atoms with E-state index in [2.05, 4.69) is 22.6 Å². The number of ether oxygens (including phenoxy) is 2. The molecular formula is C14H14INO2. The lowest BCUT2D eigenvalue weighted by molar-refractivity contribution is 0.184. The first kappa shape index (κ1) is 13.2. The molecule has 0 radical (unpaired) electrons. The quantitative estimate of drug-likeness (QED) is 0.670. The van der Waals surface area contributed by atoms with Gasteiger partial charge in [-0.1, -0.05) is 12.1 Å². The molecule has 0 saturated carbocycles. The third-order valence-corrected chi connectivity index (χ3v) is 3.24. The molecule has 0 bridgehead atoms. The molecule has 0 saturated heterocycles. The lowest BCUT2D eigenvalue weighted by Crippen LogP contribution is -1.92. The maximum atomic E-state index is 5.83. The minimum Gasteiger partial charge on any atom is -0.456 e. The van der Waals surface area contributed by atoms with Crippen LogP contribution in [0.3, 0.4) is 0 Å². The lowest BCUT2D eigenvalue weighted by atomic mass is 10.2. The molecule has 3 nitrogen and oxygen atoms in total. The van der Waals surface area contributed by atoms with Crippen LogP contribution >= 0.6 is 22.6 Å². The molecule has 0 aliphatic carbocycles. The molecule has 2 N–H and O–H groups in total. The summed E-state index contributed by atoms with van der Waals surface area (Å²) in [6, 6.07) is 13.4. The van der Waals surface area contributed by atoms with Crippen molar-refractivity contribution < 1.29 is 9.47 Å². The van der Waals surface area contributed by atoms with Crippen LogP contribution in [-0.2, 0) is 11.3 Å². The van der Waals surface area contributed by atoms with E-state index >= 15 is 0 Å². The van der Waals surface area contributed by atoms with Crippen LogP contribution in [0.2, 0.25) is 0 Å². The fourth-order valence-electron chi connectivity index (χ4n) is 1.59. The molecule has 0 aromatic heterocycles. The average Bonchev–Trinajstić information content (AvgIpc) is 2.34. The van der Waals surface area contributed by atoms with Gasteiger partial charge in [-0.2, -0.15) is 0 Å². The van der Waals surface area contributed by atoms with Crippen molar-refractivity contribution in [2.45, 2.75) is 6.61 Å². The summed E-state index contributed by atoms with van der Waals surface area (Å²) in [4.78, 5) is 0. The van der Waals surface area contributed by atoms with Crippen LogP contribution in [0.25, 0.3) is 0 Å². The van der Waals surface area contributed by atoms with Gasteiger partial charge in [0.15, 0.2) is 0 Å². The van der Waals surface area contributed by atoms with Crippen molar-refractivity contribution in [1.82, 2.24) is 0 Å². The molecule has 0 atom stereocenters. The molecule has 2 rings (SSSR count). The Labute approximate surface area is 120 Å². The van der Waals surface area contributed by atoms with Crippen LogP contribution in [0.5, 0.6) is 11.5 Å².